The maximum Gasteiger partial charge on any atom is 0.119 e. The molecule has 0 bridgehead atoms. The molecule has 1 rings (SSSR count). The summed E-state index contributed by atoms with van der Waals surface area (Å²) in [5.41, 5.74) is 3.18. The van der Waals surface area contributed by atoms with Crippen LogP contribution >= 0.6 is 0 Å². The van der Waals surface area contributed by atoms with E-state index in [0.29, 0.717) is 6.42 Å². The van der Waals surface area contributed by atoms with Crippen molar-refractivity contribution in [3.8, 4) is 0 Å². The van der Waals surface area contributed by atoms with E-state index in [9.17, 15) is 5.11 Å². The first-order valence-electron chi connectivity index (χ1n) is 4.55. The van der Waals surface area contributed by atoms with Crippen molar-refractivity contribution in [2.24, 2.45) is 0 Å². The highest BCUT2D eigenvalue weighted by atomic mass is 16.5. The molecule has 0 heterocycles. The molecular weight excluding hydrogens is 176 g/mol. The number of hydrogen-bond acceptors (Lipinski definition) is 2. The van der Waals surface area contributed by atoms with Gasteiger partial charge in [0.25, 0.3) is 0 Å². The number of methoxy groups -OCH3 is 1. The molecule has 14 heavy (non-hydrogen) atoms. The van der Waals surface area contributed by atoms with Gasteiger partial charge in [0, 0.05) is 12.5 Å². The van der Waals surface area contributed by atoms with Gasteiger partial charge in [-0.1, -0.05) is 12.2 Å². The molecule has 1 N–H and O–H groups in total. The summed E-state index contributed by atoms with van der Waals surface area (Å²) in [6.45, 7) is 7.84. The monoisotopic (exact) mass is 192 g/mol. The van der Waals surface area contributed by atoms with E-state index in [-0.39, 0.29) is 5.76 Å². The van der Waals surface area contributed by atoms with Crippen LogP contribution in [0, 0.1) is 0 Å². The topological polar surface area (TPSA) is 29.5 Å². The molecule has 0 aromatic rings. The second-order valence-corrected chi connectivity index (χ2v) is 3.50. The van der Waals surface area contributed by atoms with Crippen molar-refractivity contribution in [2.45, 2.75) is 20.3 Å². The Morgan fingerprint density at radius 3 is 2.64 bits per heavy atom. The van der Waals surface area contributed by atoms with Crippen LogP contribution in [-0.4, -0.2) is 12.2 Å². The Hall–Kier alpha value is -1.44. The first kappa shape index (κ1) is 10.6. The minimum absolute atomic E-state index is 0.232. The van der Waals surface area contributed by atoms with Crippen molar-refractivity contribution in [2.75, 3.05) is 7.11 Å². The number of ether oxygens (including phenoxy) is 1. The summed E-state index contributed by atoms with van der Waals surface area (Å²) in [6.07, 6.45) is 4.06. The van der Waals surface area contributed by atoms with Crippen LogP contribution in [0.4, 0.5) is 0 Å². The van der Waals surface area contributed by atoms with E-state index in [0.717, 1.165) is 22.5 Å². The van der Waals surface area contributed by atoms with E-state index < -0.39 is 0 Å². The molecule has 0 amide bonds. The quantitative estimate of drug-likeness (QED) is 0.727. The van der Waals surface area contributed by atoms with Gasteiger partial charge in [0.1, 0.15) is 11.5 Å². The van der Waals surface area contributed by atoms with E-state index in [2.05, 4.69) is 6.58 Å². The van der Waals surface area contributed by atoms with E-state index in [4.69, 9.17) is 4.74 Å². The summed E-state index contributed by atoms with van der Waals surface area (Å²) in [5, 5.41) is 9.50. The molecule has 0 aromatic heterocycles. The van der Waals surface area contributed by atoms with E-state index in [1.807, 2.05) is 13.8 Å². The van der Waals surface area contributed by atoms with Gasteiger partial charge in [0.2, 0.25) is 0 Å². The molecule has 0 radical (unpaired) electrons. The van der Waals surface area contributed by atoms with Crippen molar-refractivity contribution in [1.82, 2.24) is 0 Å². The maximum absolute atomic E-state index is 9.50. The molecule has 0 unspecified atom stereocenters. The average Bonchev–Trinajstić information content (AvgIpc) is 2.23. The van der Waals surface area contributed by atoms with Crippen molar-refractivity contribution in [3.63, 3.8) is 0 Å². The third kappa shape index (κ3) is 2.28. The van der Waals surface area contributed by atoms with Crippen LogP contribution in [0.15, 0.2) is 47.0 Å². The second-order valence-electron chi connectivity index (χ2n) is 3.50. The van der Waals surface area contributed by atoms with Crippen LogP contribution in [0.5, 0.6) is 0 Å². The summed E-state index contributed by atoms with van der Waals surface area (Å²) in [4.78, 5) is 0. The standard InChI is InChI=1S/C12H16O2/c1-8(2)12-7-11(14-4)6-10(13)5-9(12)3/h5-6,13H,1,7H2,2-4H3. The van der Waals surface area contributed by atoms with Gasteiger partial charge >= 0.3 is 0 Å². The predicted octanol–water partition coefficient (Wildman–Crippen LogP) is 3.25. The Labute approximate surface area is 84.9 Å². The van der Waals surface area contributed by atoms with Gasteiger partial charge in [-0.2, -0.15) is 0 Å². The minimum atomic E-state index is 0.232. The van der Waals surface area contributed by atoms with Gasteiger partial charge in [-0.15, -0.1) is 0 Å². The summed E-state index contributed by atoms with van der Waals surface area (Å²) in [7, 11) is 1.61. The van der Waals surface area contributed by atoms with Gasteiger partial charge in [0.05, 0.1) is 7.11 Å². The maximum atomic E-state index is 9.50. The van der Waals surface area contributed by atoms with Crippen molar-refractivity contribution in [1.29, 1.82) is 0 Å². The molecule has 2 nitrogen and oxygen atoms in total. The Morgan fingerprint density at radius 2 is 2.14 bits per heavy atom. The normalized spacial score (nSPS) is 17.1. The van der Waals surface area contributed by atoms with Crippen molar-refractivity contribution in [3.05, 3.63) is 47.0 Å². The van der Waals surface area contributed by atoms with Gasteiger partial charge < -0.3 is 9.84 Å². The zero-order valence-corrected chi connectivity index (χ0v) is 8.92. The molecule has 1 aliphatic carbocycles. The summed E-state index contributed by atoms with van der Waals surface area (Å²) < 4.78 is 5.16. The average molecular weight is 192 g/mol. The highest BCUT2D eigenvalue weighted by molar-refractivity contribution is 5.43. The predicted molar refractivity (Wildman–Crippen MR) is 57.9 cm³/mol. The minimum Gasteiger partial charge on any atom is -0.508 e. The van der Waals surface area contributed by atoms with Crippen LogP contribution in [0.25, 0.3) is 0 Å². The Bertz CT molecular complexity index is 343. The Balaban J connectivity index is 3.13. The fourth-order valence-corrected chi connectivity index (χ4v) is 1.50. The number of rotatable bonds is 2. The molecule has 1 aliphatic rings. The highest BCUT2D eigenvalue weighted by Gasteiger charge is 2.11. The molecule has 0 saturated carbocycles. The lowest BCUT2D eigenvalue weighted by atomic mass is 10.00. The zero-order valence-electron chi connectivity index (χ0n) is 8.92. The van der Waals surface area contributed by atoms with Crippen LogP contribution in [0.2, 0.25) is 0 Å². The lowest BCUT2D eigenvalue weighted by Gasteiger charge is -2.09. The van der Waals surface area contributed by atoms with Gasteiger partial charge in [-0.25, -0.2) is 0 Å². The van der Waals surface area contributed by atoms with E-state index in [1.54, 1.807) is 19.3 Å². The highest BCUT2D eigenvalue weighted by Crippen LogP contribution is 2.26. The molecule has 2 heteroatoms. The van der Waals surface area contributed by atoms with Gasteiger partial charge in [-0.3, -0.25) is 0 Å². The smallest absolute Gasteiger partial charge is 0.119 e. The zero-order chi connectivity index (χ0) is 10.7. The number of allylic oxidation sites excluding steroid dienone is 5. The lowest BCUT2D eigenvalue weighted by molar-refractivity contribution is 0.280. The molecule has 0 spiro atoms. The molecule has 0 aromatic carbocycles. The number of hydrogen-bond donors (Lipinski definition) is 1. The first-order valence-corrected chi connectivity index (χ1v) is 4.55. The Morgan fingerprint density at radius 1 is 1.50 bits per heavy atom. The molecule has 0 fully saturated rings. The summed E-state index contributed by atoms with van der Waals surface area (Å²) in [5.74, 6) is 0.990. The van der Waals surface area contributed by atoms with E-state index >= 15 is 0 Å². The van der Waals surface area contributed by atoms with E-state index in [1.165, 1.54) is 0 Å². The van der Waals surface area contributed by atoms with Gasteiger partial charge in [0.15, 0.2) is 0 Å². The first-order chi connectivity index (χ1) is 6.54. The van der Waals surface area contributed by atoms with Gasteiger partial charge in [-0.05, 0) is 31.1 Å². The third-order valence-corrected chi connectivity index (χ3v) is 2.28. The fourth-order valence-electron chi connectivity index (χ4n) is 1.50. The van der Waals surface area contributed by atoms with Crippen molar-refractivity contribution >= 4 is 0 Å². The molecule has 76 valence electrons. The molecular formula is C12H16O2. The van der Waals surface area contributed by atoms with Crippen molar-refractivity contribution < 1.29 is 9.84 Å². The van der Waals surface area contributed by atoms with Crippen LogP contribution in [-0.2, 0) is 4.74 Å². The molecule has 0 aliphatic heterocycles. The second kappa shape index (κ2) is 4.18. The third-order valence-electron chi connectivity index (χ3n) is 2.28. The number of aliphatic hydroxyl groups excluding tert-OH is 1. The SMILES string of the molecule is C=C(C)C1=C(C)C=C(O)C=C(OC)C1. The molecule has 0 saturated heterocycles. The largest absolute Gasteiger partial charge is 0.508 e. The number of aliphatic hydroxyl groups is 1. The van der Waals surface area contributed by atoms with Crippen LogP contribution < -0.4 is 0 Å². The Kier molecular flexibility index (Phi) is 3.18. The summed E-state index contributed by atoms with van der Waals surface area (Å²) >= 11 is 0. The lowest BCUT2D eigenvalue weighted by Crippen LogP contribution is -1.93. The van der Waals surface area contributed by atoms with Crippen LogP contribution in [0.3, 0.4) is 0 Å². The van der Waals surface area contributed by atoms with Crippen LogP contribution in [0.1, 0.15) is 20.3 Å². The summed E-state index contributed by atoms with van der Waals surface area (Å²) in [6, 6.07) is 0. The fraction of sp³-hybridized carbons (Fsp3) is 0.333. The molecule has 0 atom stereocenters.